The molecule has 0 aromatic heterocycles. The number of hydrogen-bond donors (Lipinski definition) is 1. The van der Waals surface area contributed by atoms with Crippen LogP contribution in [-0.2, 0) is 25.5 Å². The molecule has 0 aliphatic carbocycles. The van der Waals surface area contributed by atoms with Crippen LogP contribution in [0.4, 0.5) is 5.69 Å². The zero-order valence-electron chi connectivity index (χ0n) is 17.8. The molecular formula is C25H28N2O4. The fourth-order valence-electron chi connectivity index (χ4n) is 3.34. The summed E-state index contributed by atoms with van der Waals surface area (Å²) in [5, 5.41) is 2.76. The Hall–Kier alpha value is -3.41. The third-order valence-electron chi connectivity index (χ3n) is 5.12. The van der Waals surface area contributed by atoms with Gasteiger partial charge in [-0.2, -0.15) is 0 Å². The van der Waals surface area contributed by atoms with Gasteiger partial charge in [-0.3, -0.25) is 9.59 Å². The summed E-state index contributed by atoms with van der Waals surface area (Å²) in [5.74, 6) is -0.384. The van der Waals surface area contributed by atoms with E-state index in [9.17, 15) is 14.4 Å². The predicted octanol–water partition coefficient (Wildman–Crippen LogP) is 3.43. The molecule has 2 amide bonds. The molecule has 1 fully saturated rings. The number of benzene rings is 2. The summed E-state index contributed by atoms with van der Waals surface area (Å²) in [4.78, 5) is 37.3. The number of hydrogen-bond acceptors (Lipinski definition) is 4. The van der Waals surface area contributed by atoms with Crippen LogP contribution in [0.25, 0.3) is 6.08 Å². The fourth-order valence-corrected chi connectivity index (χ4v) is 3.34. The van der Waals surface area contributed by atoms with Crippen LogP contribution in [0.1, 0.15) is 36.0 Å². The topological polar surface area (TPSA) is 75.7 Å². The Kier molecular flexibility index (Phi) is 7.98. The van der Waals surface area contributed by atoms with Crippen molar-refractivity contribution in [3.05, 3.63) is 71.3 Å². The summed E-state index contributed by atoms with van der Waals surface area (Å²) < 4.78 is 5.12. The van der Waals surface area contributed by atoms with Crippen LogP contribution >= 0.6 is 0 Å². The van der Waals surface area contributed by atoms with Gasteiger partial charge in [-0.05, 0) is 49.1 Å². The van der Waals surface area contributed by atoms with Crippen molar-refractivity contribution in [1.82, 2.24) is 5.32 Å². The minimum atomic E-state index is -0.465. The average Bonchev–Trinajstić information content (AvgIpc) is 3.21. The maximum atomic E-state index is 11.9. The van der Waals surface area contributed by atoms with E-state index < -0.39 is 5.97 Å². The smallest absolute Gasteiger partial charge is 0.330 e. The van der Waals surface area contributed by atoms with Crippen LogP contribution in [0.3, 0.4) is 0 Å². The Morgan fingerprint density at radius 3 is 2.52 bits per heavy atom. The SMILES string of the molecule is Cc1ccc(CCC(=O)NCCOC(=O)/C=C/c2ccc(N3CCCC3=O)cc2)cc1. The molecule has 31 heavy (non-hydrogen) atoms. The number of amides is 2. The minimum absolute atomic E-state index is 0.0660. The number of rotatable bonds is 9. The van der Waals surface area contributed by atoms with Gasteiger partial charge in [0.1, 0.15) is 6.61 Å². The van der Waals surface area contributed by atoms with E-state index in [1.54, 1.807) is 11.0 Å². The Balaban J connectivity index is 1.32. The standard InChI is InChI=1S/C25H28N2O4/c1-19-4-6-20(7-5-19)10-14-23(28)26-16-18-31-25(30)15-11-21-8-12-22(13-9-21)27-17-2-3-24(27)29/h4-9,11-13,15H,2-3,10,14,16-18H2,1H3,(H,26,28)/b15-11+. The molecule has 1 aliphatic heterocycles. The van der Waals surface area contributed by atoms with Crippen LogP contribution < -0.4 is 10.2 Å². The van der Waals surface area contributed by atoms with Gasteiger partial charge in [0, 0.05) is 31.1 Å². The lowest BCUT2D eigenvalue weighted by Crippen LogP contribution is -2.28. The van der Waals surface area contributed by atoms with Gasteiger partial charge < -0.3 is 15.0 Å². The third kappa shape index (κ3) is 7.10. The van der Waals surface area contributed by atoms with Crippen molar-refractivity contribution in [2.75, 3.05) is 24.6 Å². The quantitative estimate of drug-likeness (QED) is 0.383. The second kappa shape index (κ2) is 11.1. The third-order valence-corrected chi connectivity index (χ3v) is 5.12. The Bertz CT molecular complexity index is 933. The van der Waals surface area contributed by atoms with E-state index in [1.165, 1.54) is 11.6 Å². The van der Waals surface area contributed by atoms with E-state index in [1.807, 2.05) is 55.5 Å². The monoisotopic (exact) mass is 420 g/mol. The number of anilines is 1. The van der Waals surface area contributed by atoms with Crippen LogP contribution in [0.2, 0.25) is 0 Å². The van der Waals surface area contributed by atoms with E-state index in [4.69, 9.17) is 4.74 Å². The molecule has 1 aliphatic rings. The van der Waals surface area contributed by atoms with Gasteiger partial charge in [-0.15, -0.1) is 0 Å². The molecule has 0 unspecified atom stereocenters. The number of aryl methyl sites for hydroxylation is 2. The first-order valence-electron chi connectivity index (χ1n) is 10.6. The highest BCUT2D eigenvalue weighted by atomic mass is 16.5. The van der Waals surface area contributed by atoms with Crippen LogP contribution in [0.5, 0.6) is 0 Å². The molecule has 1 N–H and O–H groups in total. The lowest BCUT2D eigenvalue weighted by molar-refractivity contribution is -0.138. The Morgan fingerprint density at radius 2 is 1.84 bits per heavy atom. The first-order valence-corrected chi connectivity index (χ1v) is 10.6. The second-order valence-corrected chi connectivity index (χ2v) is 7.58. The molecule has 2 aromatic rings. The van der Waals surface area contributed by atoms with Crippen LogP contribution in [-0.4, -0.2) is 37.5 Å². The first-order chi connectivity index (χ1) is 15.0. The normalized spacial score (nSPS) is 13.6. The summed E-state index contributed by atoms with van der Waals surface area (Å²) in [6.45, 7) is 3.19. The van der Waals surface area contributed by atoms with Crippen LogP contribution in [0.15, 0.2) is 54.6 Å². The molecule has 1 heterocycles. The summed E-state index contributed by atoms with van der Waals surface area (Å²) in [6, 6.07) is 15.6. The summed E-state index contributed by atoms with van der Waals surface area (Å²) in [7, 11) is 0. The molecular weight excluding hydrogens is 392 g/mol. The number of ether oxygens (including phenoxy) is 1. The lowest BCUT2D eigenvalue weighted by Gasteiger charge is -2.15. The molecule has 0 saturated carbocycles. The van der Waals surface area contributed by atoms with Crippen LogP contribution in [0, 0.1) is 6.92 Å². The molecule has 2 aromatic carbocycles. The van der Waals surface area contributed by atoms with Gasteiger partial charge in [-0.1, -0.05) is 42.0 Å². The maximum absolute atomic E-state index is 11.9. The molecule has 0 atom stereocenters. The molecule has 0 spiro atoms. The van der Waals surface area contributed by atoms with Crippen molar-refractivity contribution in [3.63, 3.8) is 0 Å². The highest BCUT2D eigenvalue weighted by molar-refractivity contribution is 5.95. The van der Waals surface area contributed by atoms with Gasteiger partial charge in [0.05, 0.1) is 6.54 Å². The van der Waals surface area contributed by atoms with Crippen molar-refractivity contribution in [1.29, 1.82) is 0 Å². The van der Waals surface area contributed by atoms with Gasteiger partial charge in [0.25, 0.3) is 0 Å². The zero-order chi connectivity index (χ0) is 22.1. The van der Waals surface area contributed by atoms with Crippen molar-refractivity contribution >= 4 is 29.5 Å². The minimum Gasteiger partial charge on any atom is -0.461 e. The number of carbonyl (C=O) groups is 3. The van der Waals surface area contributed by atoms with E-state index in [2.05, 4.69) is 5.32 Å². The molecule has 0 bridgehead atoms. The molecule has 6 nitrogen and oxygen atoms in total. The van der Waals surface area contributed by atoms with Crippen molar-refractivity contribution in [3.8, 4) is 0 Å². The van der Waals surface area contributed by atoms with Gasteiger partial charge in [0.15, 0.2) is 0 Å². The number of esters is 1. The molecule has 0 radical (unpaired) electrons. The molecule has 3 rings (SSSR count). The van der Waals surface area contributed by atoms with Gasteiger partial charge >= 0.3 is 5.97 Å². The average molecular weight is 421 g/mol. The van der Waals surface area contributed by atoms with Gasteiger partial charge in [-0.25, -0.2) is 4.79 Å². The number of nitrogens with one attached hydrogen (secondary N) is 1. The molecule has 162 valence electrons. The number of carbonyl (C=O) groups excluding carboxylic acids is 3. The highest BCUT2D eigenvalue weighted by Crippen LogP contribution is 2.21. The largest absolute Gasteiger partial charge is 0.461 e. The van der Waals surface area contributed by atoms with Crippen molar-refractivity contribution in [2.45, 2.75) is 32.6 Å². The maximum Gasteiger partial charge on any atom is 0.330 e. The first kappa shape index (κ1) is 22.3. The zero-order valence-corrected chi connectivity index (χ0v) is 17.8. The lowest BCUT2D eigenvalue weighted by atomic mass is 10.1. The predicted molar refractivity (Wildman–Crippen MR) is 121 cm³/mol. The van der Waals surface area contributed by atoms with E-state index in [0.717, 1.165) is 29.8 Å². The van der Waals surface area contributed by atoms with Crippen molar-refractivity contribution < 1.29 is 19.1 Å². The van der Waals surface area contributed by atoms with E-state index >= 15 is 0 Å². The Morgan fingerprint density at radius 1 is 1.10 bits per heavy atom. The number of nitrogens with zero attached hydrogens (tertiary/aromatic N) is 1. The van der Waals surface area contributed by atoms with E-state index in [-0.39, 0.29) is 25.0 Å². The highest BCUT2D eigenvalue weighted by Gasteiger charge is 2.21. The summed E-state index contributed by atoms with van der Waals surface area (Å²) in [6.07, 6.45) is 5.59. The second-order valence-electron chi connectivity index (χ2n) is 7.58. The summed E-state index contributed by atoms with van der Waals surface area (Å²) in [5.41, 5.74) is 4.04. The van der Waals surface area contributed by atoms with Gasteiger partial charge in [0.2, 0.25) is 11.8 Å². The summed E-state index contributed by atoms with van der Waals surface area (Å²) >= 11 is 0. The Labute approximate surface area is 182 Å². The molecule has 6 heteroatoms. The molecule has 1 saturated heterocycles. The van der Waals surface area contributed by atoms with E-state index in [0.29, 0.717) is 19.3 Å². The fraction of sp³-hybridized carbons (Fsp3) is 0.320. The van der Waals surface area contributed by atoms with Crippen molar-refractivity contribution in [2.24, 2.45) is 0 Å².